The maximum atomic E-state index is 12.0. The fourth-order valence-electron chi connectivity index (χ4n) is 3.35. The Balaban J connectivity index is 1.40. The summed E-state index contributed by atoms with van der Waals surface area (Å²) in [6.07, 6.45) is 7.27. The van der Waals surface area contributed by atoms with Crippen LogP contribution in [0.5, 0.6) is 0 Å². The number of aromatic nitrogens is 1. The molecule has 1 amide bonds. The number of rotatable bonds is 7. The lowest BCUT2D eigenvalue weighted by Crippen LogP contribution is -2.41. The minimum absolute atomic E-state index is 0.128. The highest BCUT2D eigenvalue weighted by molar-refractivity contribution is 5.94. The molecule has 2 aromatic rings. The Kier molecular flexibility index (Phi) is 8.01. The molecular weight excluding hydrogens is 364 g/mol. The lowest BCUT2D eigenvalue weighted by Gasteiger charge is -2.26. The van der Waals surface area contributed by atoms with Gasteiger partial charge in [-0.2, -0.15) is 0 Å². The van der Waals surface area contributed by atoms with E-state index in [1.54, 1.807) is 31.6 Å². The minimum atomic E-state index is -0.150. The lowest BCUT2D eigenvalue weighted by molar-refractivity contribution is -0.115. The number of guanidine groups is 1. The number of carbonyl (C=O) groups is 1. The molecule has 1 aliphatic heterocycles. The number of hydrogen-bond donors (Lipinski definition) is 3. The normalized spacial score (nSPS) is 15.0. The summed E-state index contributed by atoms with van der Waals surface area (Å²) in [6.45, 7) is 4.22. The van der Waals surface area contributed by atoms with Gasteiger partial charge >= 0.3 is 0 Å². The van der Waals surface area contributed by atoms with Gasteiger partial charge < -0.3 is 16.0 Å². The topological polar surface area (TPSA) is 81.6 Å². The molecule has 0 unspecified atom stereocenters. The van der Waals surface area contributed by atoms with Gasteiger partial charge in [-0.3, -0.25) is 19.7 Å². The molecule has 0 bridgehead atoms. The number of aliphatic imine (C=N–C) groups is 1. The molecule has 3 rings (SSSR count). The largest absolute Gasteiger partial charge is 0.352 e. The van der Waals surface area contributed by atoms with Gasteiger partial charge in [0.1, 0.15) is 0 Å². The standard InChI is InChI=1S/C22H30N6O/c1-23-22(26-16-21(29)27-20-6-5-11-24-15-20)25-14-18-7-9-19(10-8-18)17-28-12-3-2-4-13-28/h5-11,15H,2-4,12-14,16-17H2,1H3,(H,27,29)(H2,23,25,26). The number of hydrogen-bond acceptors (Lipinski definition) is 4. The quantitative estimate of drug-likeness (QED) is 0.496. The first-order valence-electron chi connectivity index (χ1n) is 10.2. The summed E-state index contributed by atoms with van der Waals surface area (Å²) in [5.41, 5.74) is 3.20. The summed E-state index contributed by atoms with van der Waals surface area (Å²) in [5.74, 6) is 0.437. The summed E-state index contributed by atoms with van der Waals surface area (Å²) >= 11 is 0. The molecule has 1 aromatic carbocycles. The number of amides is 1. The van der Waals surface area contributed by atoms with Crippen LogP contribution in [0, 0.1) is 0 Å². The van der Waals surface area contributed by atoms with Crippen molar-refractivity contribution in [3.05, 3.63) is 59.9 Å². The molecule has 0 radical (unpaired) electrons. The number of anilines is 1. The van der Waals surface area contributed by atoms with E-state index in [4.69, 9.17) is 0 Å². The highest BCUT2D eigenvalue weighted by Crippen LogP contribution is 2.13. The third-order valence-electron chi connectivity index (χ3n) is 4.92. The Labute approximate surface area is 172 Å². The third-order valence-corrected chi connectivity index (χ3v) is 4.92. The monoisotopic (exact) mass is 394 g/mol. The molecule has 29 heavy (non-hydrogen) atoms. The van der Waals surface area contributed by atoms with Crippen molar-refractivity contribution in [2.45, 2.75) is 32.4 Å². The first kappa shape index (κ1) is 20.8. The Morgan fingerprint density at radius 1 is 1.07 bits per heavy atom. The van der Waals surface area contributed by atoms with Crippen LogP contribution in [-0.2, 0) is 17.9 Å². The third kappa shape index (κ3) is 7.19. The predicted octanol–water partition coefficient (Wildman–Crippen LogP) is 2.37. The molecule has 1 aromatic heterocycles. The van der Waals surface area contributed by atoms with Crippen LogP contribution in [0.2, 0.25) is 0 Å². The first-order chi connectivity index (χ1) is 14.2. The highest BCUT2D eigenvalue weighted by Gasteiger charge is 2.10. The average Bonchev–Trinajstić information content (AvgIpc) is 2.76. The van der Waals surface area contributed by atoms with Crippen LogP contribution < -0.4 is 16.0 Å². The predicted molar refractivity (Wildman–Crippen MR) is 117 cm³/mol. The highest BCUT2D eigenvalue weighted by atomic mass is 16.1. The Morgan fingerprint density at radius 3 is 2.52 bits per heavy atom. The summed E-state index contributed by atoms with van der Waals surface area (Å²) in [7, 11) is 1.69. The maximum Gasteiger partial charge on any atom is 0.243 e. The Bertz CT molecular complexity index is 785. The molecule has 1 aliphatic rings. The van der Waals surface area contributed by atoms with Crippen LogP contribution in [0.1, 0.15) is 30.4 Å². The molecule has 1 fully saturated rings. The zero-order valence-corrected chi connectivity index (χ0v) is 17.0. The first-order valence-corrected chi connectivity index (χ1v) is 10.2. The van der Waals surface area contributed by atoms with Gasteiger partial charge in [-0.1, -0.05) is 30.7 Å². The van der Waals surface area contributed by atoms with E-state index in [1.807, 2.05) is 0 Å². The van der Waals surface area contributed by atoms with E-state index in [0.717, 1.165) is 6.54 Å². The number of nitrogens with one attached hydrogen (secondary N) is 3. The van der Waals surface area contributed by atoms with Crippen molar-refractivity contribution in [2.24, 2.45) is 4.99 Å². The van der Waals surface area contributed by atoms with E-state index in [9.17, 15) is 4.79 Å². The lowest BCUT2D eigenvalue weighted by atomic mass is 10.1. The van der Waals surface area contributed by atoms with Crippen LogP contribution in [0.25, 0.3) is 0 Å². The van der Waals surface area contributed by atoms with Crippen molar-refractivity contribution < 1.29 is 4.79 Å². The minimum Gasteiger partial charge on any atom is -0.352 e. The molecular formula is C22H30N6O. The average molecular weight is 395 g/mol. The Hall–Kier alpha value is -2.93. The molecule has 2 heterocycles. The van der Waals surface area contributed by atoms with Crippen LogP contribution in [-0.4, -0.2) is 48.4 Å². The van der Waals surface area contributed by atoms with E-state index in [2.05, 4.69) is 55.1 Å². The zero-order chi connectivity index (χ0) is 20.3. The van der Waals surface area contributed by atoms with Crippen molar-refractivity contribution in [1.29, 1.82) is 0 Å². The summed E-state index contributed by atoms with van der Waals surface area (Å²) in [5, 5.41) is 9.05. The zero-order valence-electron chi connectivity index (χ0n) is 17.0. The molecule has 0 saturated carbocycles. The van der Waals surface area contributed by atoms with E-state index in [-0.39, 0.29) is 12.5 Å². The fraction of sp³-hybridized carbons (Fsp3) is 0.409. The molecule has 3 N–H and O–H groups in total. The van der Waals surface area contributed by atoms with Crippen molar-refractivity contribution in [2.75, 3.05) is 32.0 Å². The molecule has 154 valence electrons. The number of benzene rings is 1. The van der Waals surface area contributed by atoms with Crippen LogP contribution in [0.3, 0.4) is 0 Å². The molecule has 0 spiro atoms. The van der Waals surface area contributed by atoms with Crippen LogP contribution in [0.15, 0.2) is 53.8 Å². The van der Waals surface area contributed by atoms with Crippen LogP contribution in [0.4, 0.5) is 5.69 Å². The molecule has 7 nitrogen and oxygen atoms in total. The van der Waals surface area contributed by atoms with Crippen molar-refractivity contribution in [3.63, 3.8) is 0 Å². The van der Waals surface area contributed by atoms with Crippen molar-refractivity contribution in [3.8, 4) is 0 Å². The number of likely N-dealkylation sites (tertiary alicyclic amines) is 1. The van der Waals surface area contributed by atoms with Crippen LogP contribution >= 0.6 is 0 Å². The number of nitrogens with zero attached hydrogens (tertiary/aromatic N) is 3. The van der Waals surface area contributed by atoms with E-state index in [0.29, 0.717) is 18.2 Å². The van der Waals surface area contributed by atoms with Crippen molar-refractivity contribution >= 4 is 17.6 Å². The van der Waals surface area contributed by atoms with E-state index < -0.39 is 0 Å². The second-order valence-corrected chi connectivity index (χ2v) is 7.22. The number of piperidine rings is 1. The Morgan fingerprint density at radius 2 is 1.83 bits per heavy atom. The molecule has 0 aliphatic carbocycles. The van der Waals surface area contributed by atoms with Gasteiger partial charge in [-0.25, -0.2) is 0 Å². The van der Waals surface area contributed by atoms with Gasteiger partial charge in [-0.05, 0) is 49.2 Å². The second-order valence-electron chi connectivity index (χ2n) is 7.22. The van der Waals surface area contributed by atoms with Gasteiger partial charge in [0.25, 0.3) is 0 Å². The molecule has 0 atom stereocenters. The van der Waals surface area contributed by atoms with Gasteiger partial charge in [0.15, 0.2) is 5.96 Å². The summed E-state index contributed by atoms with van der Waals surface area (Å²) < 4.78 is 0. The smallest absolute Gasteiger partial charge is 0.243 e. The van der Waals surface area contributed by atoms with E-state index in [1.165, 1.54) is 43.5 Å². The van der Waals surface area contributed by atoms with Gasteiger partial charge in [0, 0.05) is 26.3 Å². The van der Waals surface area contributed by atoms with Gasteiger partial charge in [0.05, 0.1) is 18.4 Å². The number of carbonyl (C=O) groups excluding carboxylic acids is 1. The van der Waals surface area contributed by atoms with Gasteiger partial charge in [-0.15, -0.1) is 0 Å². The molecule has 7 heteroatoms. The number of pyridine rings is 1. The van der Waals surface area contributed by atoms with Crippen molar-refractivity contribution in [1.82, 2.24) is 20.5 Å². The fourth-order valence-corrected chi connectivity index (χ4v) is 3.35. The summed E-state index contributed by atoms with van der Waals surface area (Å²) in [6, 6.07) is 12.3. The second kappa shape index (κ2) is 11.2. The van der Waals surface area contributed by atoms with Gasteiger partial charge in [0.2, 0.25) is 5.91 Å². The summed E-state index contributed by atoms with van der Waals surface area (Å²) in [4.78, 5) is 22.7. The maximum absolute atomic E-state index is 12.0. The SMILES string of the molecule is CN=C(NCC(=O)Nc1cccnc1)NCc1ccc(CN2CCCCC2)cc1. The van der Waals surface area contributed by atoms with E-state index >= 15 is 0 Å². The molecule has 1 saturated heterocycles.